The Morgan fingerprint density at radius 3 is 2.39 bits per heavy atom. The standard InChI is InChI=1S/C21H19F2NO4/c1-2-28-14-6-3-5-12(9-14)13-10-17(22)19(18(23)11-13)24-20(25)15-7-4-8-16(15)21(26)27/h3,5-6,9-11H,2,4,7-8H2,1H3,(H,24,25)(H,26,27). The van der Waals surface area contributed by atoms with Gasteiger partial charge in [0, 0.05) is 11.1 Å². The van der Waals surface area contributed by atoms with E-state index in [0.717, 1.165) is 12.1 Å². The number of amides is 1. The fourth-order valence-electron chi connectivity index (χ4n) is 3.21. The van der Waals surface area contributed by atoms with Gasteiger partial charge in [0.15, 0.2) is 0 Å². The summed E-state index contributed by atoms with van der Waals surface area (Å²) in [5, 5.41) is 11.3. The number of rotatable bonds is 6. The Hall–Kier alpha value is -3.22. The van der Waals surface area contributed by atoms with E-state index in [9.17, 15) is 18.4 Å². The van der Waals surface area contributed by atoms with Crippen molar-refractivity contribution in [1.29, 1.82) is 0 Å². The van der Waals surface area contributed by atoms with Crippen LogP contribution in [0.4, 0.5) is 14.5 Å². The maximum absolute atomic E-state index is 14.5. The van der Waals surface area contributed by atoms with Crippen LogP contribution in [0.1, 0.15) is 26.2 Å². The molecule has 0 aliphatic heterocycles. The molecule has 1 amide bonds. The van der Waals surface area contributed by atoms with Gasteiger partial charge in [-0.25, -0.2) is 13.6 Å². The van der Waals surface area contributed by atoms with Crippen molar-refractivity contribution < 1.29 is 28.2 Å². The van der Waals surface area contributed by atoms with E-state index in [1.54, 1.807) is 24.3 Å². The van der Waals surface area contributed by atoms with E-state index in [1.807, 2.05) is 6.92 Å². The molecule has 146 valence electrons. The molecule has 2 N–H and O–H groups in total. The predicted molar refractivity (Wildman–Crippen MR) is 100 cm³/mol. The van der Waals surface area contributed by atoms with E-state index in [4.69, 9.17) is 9.84 Å². The molecule has 0 saturated carbocycles. The van der Waals surface area contributed by atoms with Gasteiger partial charge in [-0.1, -0.05) is 12.1 Å². The number of hydrogen-bond acceptors (Lipinski definition) is 3. The van der Waals surface area contributed by atoms with Crippen LogP contribution in [0.5, 0.6) is 5.75 Å². The Labute approximate surface area is 160 Å². The Balaban J connectivity index is 1.89. The molecule has 7 heteroatoms. The van der Waals surface area contributed by atoms with Crippen molar-refractivity contribution in [1.82, 2.24) is 0 Å². The second-order valence-corrected chi connectivity index (χ2v) is 6.35. The van der Waals surface area contributed by atoms with Crippen molar-refractivity contribution >= 4 is 17.6 Å². The summed E-state index contributed by atoms with van der Waals surface area (Å²) in [6.07, 6.45) is 1.04. The first kappa shape index (κ1) is 19.5. The molecule has 5 nitrogen and oxygen atoms in total. The number of carboxylic acids is 1. The lowest BCUT2D eigenvalue weighted by Gasteiger charge is -2.12. The summed E-state index contributed by atoms with van der Waals surface area (Å²) >= 11 is 0. The van der Waals surface area contributed by atoms with Gasteiger partial charge in [0.2, 0.25) is 0 Å². The summed E-state index contributed by atoms with van der Waals surface area (Å²) in [6, 6.07) is 9.04. The molecular formula is C21H19F2NO4. The molecule has 0 radical (unpaired) electrons. The highest BCUT2D eigenvalue weighted by molar-refractivity contribution is 6.09. The molecule has 0 heterocycles. The lowest BCUT2D eigenvalue weighted by atomic mass is 10.0. The van der Waals surface area contributed by atoms with Gasteiger partial charge in [-0.05, 0) is 61.6 Å². The zero-order valence-electron chi connectivity index (χ0n) is 15.2. The molecule has 0 bridgehead atoms. The summed E-state index contributed by atoms with van der Waals surface area (Å²) in [4.78, 5) is 23.5. The zero-order chi connectivity index (χ0) is 20.3. The van der Waals surface area contributed by atoms with Gasteiger partial charge >= 0.3 is 5.97 Å². The van der Waals surface area contributed by atoms with Crippen LogP contribution >= 0.6 is 0 Å². The fourth-order valence-corrected chi connectivity index (χ4v) is 3.21. The predicted octanol–water partition coefficient (Wildman–Crippen LogP) is 4.53. The van der Waals surface area contributed by atoms with Gasteiger partial charge in [0.05, 0.1) is 6.61 Å². The van der Waals surface area contributed by atoms with E-state index in [-0.39, 0.29) is 24.0 Å². The molecule has 2 aromatic rings. The molecule has 1 aliphatic rings. The van der Waals surface area contributed by atoms with Crippen LogP contribution < -0.4 is 10.1 Å². The van der Waals surface area contributed by atoms with E-state index >= 15 is 0 Å². The van der Waals surface area contributed by atoms with Crippen LogP contribution in [0.15, 0.2) is 47.5 Å². The summed E-state index contributed by atoms with van der Waals surface area (Å²) in [6.45, 7) is 2.30. The largest absolute Gasteiger partial charge is 0.494 e. The van der Waals surface area contributed by atoms with Crippen molar-refractivity contribution in [2.75, 3.05) is 11.9 Å². The average Bonchev–Trinajstić information content (AvgIpc) is 3.15. The maximum atomic E-state index is 14.5. The number of ether oxygens (including phenoxy) is 1. The first-order valence-corrected chi connectivity index (χ1v) is 8.89. The van der Waals surface area contributed by atoms with Gasteiger partial charge < -0.3 is 15.2 Å². The first-order valence-electron chi connectivity index (χ1n) is 8.89. The highest BCUT2D eigenvalue weighted by Gasteiger charge is 2.26. The first-order chi connectivity index (χ1) is 13.4. The molecule has 28 heavy (non-hydrogen) atoms. The van der Waals surface area contributed by atoms with Crippen LogP contribution in [0.2, 0.25) is 0 Å². The van der Waals surface area contributed by atoms with Crippen molar-refractivity contribution in [3.8, 4) is 16.9 Å². The number of hydrogen-bond donors (Lipinski definition) is 2. The van der Waals surface area contributed by atoms with E-state index in [2.05, 4.69) is 5.32 Å². The molecule has 0 atom stereocenters. The minimum Gasteiger partial charge on any atom is -0.494 e. The second-order valence-electron chi connectivity index (χ2n) is 6.35. The van der Waals surface area contributed by atoms with Gasteiger partial charge in [-0.15, -0.1) is 0 Å². The summed E-state index contributed by atoms with van der Waals surface area (Å²) in [5.41, 5.74) is 0.301. The third-order valence-corrected chi connectivity index (χ3v) is 4.51. The number of carboxylic acid groups (broad SMARTS) is 1. The van der Waals surface area contributed by atoms with Crippen LogP contribution in [-0.2, 0) is 9.59 Å². The minimum atomic E-state index is -1.19. The Morgan fingerprint density at radius 2 is 1.75 bits per heavy atom. The van der Waals surface area contributed by atoms with Crippen LogP contribution in [-0.4, -0.2) is 23.6 Å². The topological polar surface area (TPSA) is 75.6 Å². The smallest absolute Gasteiger partial charge is 0.332 e. The van der Waals surface area contributed by atoms with Gasteiger partial charge in [-0.3, -0.25) is 4.79 Å². The molecule has 3 rings (SSSR count). The number of carbonyl (C=O) groups is 2. The average molecular weight is 387 g/mol. The zero-order valence-corrected chi connectivity index (χ0v) is 15.2. The summed E-state index contributed by atoms with van der Waals surface area (Å²) in [7, 11) is 0. The molecule has 0 spiro atoms. The Bertz CT molecular complexity index is 946. The minimum absolute atomic E-state index is 0.0114. The molecule has 1 aliphatic carbocycles. The highest BCUT2D eigenvalue weighted by atomic mass is 19.1. The van der Waals surface area contributed by atoms with Crippen LogP contribution in [0.3, 0.4) is 0 Å². The highest BCUT2D eigenvalue weighted by Crippen LogP contribution is 2.31. The van der Waals surface area contributed by atoms with Crippen LogP contribution in [0.25, 0.3) is 11.1 Å². The molecule has 0 aromatic heterocycles. The molecule has 0 fully saturated rings. The van der Waals surface area contributed by atoms with Crippen molar-refractivity contribution in [3.63, 3.8) is 0 Å². The molecule has 0 saturated heterocycles. The van der Waals surface area contributed by atoms with Crippen molar-refractivity contribution in [3.05, 3.63) is 59.2 Å². The third kappa shape index (κ3) is 4.03. The quantitative estimate of drug-likeness (QED) is 0.763. The van der Waals surface area contributed by atoms with Crippen molar-refractivity contribution in [2.45, 2.75) is 26.2 Å². The number of aliphatic carboxylic acids is 1. The monoisotopic (exact) mass is 387 g/mol. The summed E-state index contributed by atoms with van der Waals surface area (Å²) < 4.78 is 34.5. The van der Waals surface area contributed by atoms with E-state index < -0.39 is 29.2 Å². The second kappa shape index (κ2) is 8.21. The van der Waals surface area contributed by atoms with Gasteiger partial charge in [0.1, 0.15) is 23.1 Å². The molecular weight excluding hydrogens is 368 g/mol. The number of nitrogens with one attached hydrogen (secondary N) is 1. The lowest BCUT2D eigenvalue weighted by molar-refractivity contribution is -0.133. The number of halogens is 2. The van der Waals surface area contributed by atoms with Crippen molar-refractivity contribution in [2.24, 2.45) is 0 Å². The maximum Gasteiger partial charge on any atom is 0.332 e. The lowest BCUT2D eigenvalue weighted by Crippen LogP contribution is -2.18. The normalized spacial score (nSPS) is 13.5. The van der Waals surface area contributed by atoms with Gasteiger partial charge in [-0.2, -0.15) is 0 Å². The SMILES string of the molecule is CCOc1cccc(-c2cc(F)c(NC(=O)C3=C(C(=O)O)CCC3)c(F)c2)c1. The molecule has 2 aromatic carbocycles. The Morgan fingerprint density at radius 1 is 1.07 bits per heavy atom. The van der Waals surface area contributed by atoms with Gasteiger partial charge in [0.25, 0.3) is 5.91 Å². The fraction of sp³-hybridized carbons (Fsp3) is 0.238. The van der Waals surface area contributed by atoms with E-state index in [0.29, 0.717) is 29.9 Å². The third-order valence-electron chi connectivity index (χ3n) is 4.51. The Kier molecular flexibility index (Phi) is 5.73. The van der Waals surface area contributed by atoms with Crippen LogP contribution in [0, 0.1) is 11.6 Å². The molecule has 0 unspecified atom stereocenters. The van der Waals surface area contributed by atoms with E-state index in [1.165, 1.54) is 0 Å². The number of benzene rings is 2. The number of anilines is 1. The summed E-state index contributed by atoms with van der Waals surface area (Å²) in [5.74, 6) is -3.29. The number of carbonyl (C=O) groups excluding carboxylic acids is 1.